The van der Waals surface area contributed by atoms with Crippen LogP contribution in [0.5, 0.6) is 11.5 Å². The van der Waals surface area contributed by atoms with E-state index in [4.69, 9.17) is 4.74 Å². The number of piperidine rings is 1. The molecule has 1 spiro atoms. The molecular weight excluding hydrogens is 478 g/mol. The molecule has 7 nitrogen and oxygen atoms in total. The Morgan fingerprint density at radius 3 is 2.89 bits per heavy atom. The second-order valence-corrected chi connectivity index (χ2v) is 12.4. The molecule has 5 aliphatic rings. The van der Waals surface area contributed by atoms with Gasteiger partial charge in [0.15, 0.2) is 11.5 Å². The van der Waals surface area contributed by atoms with Crippen LogP contribution in [-0.4, -0.2) is 62.9 Å². The lowest BCUT2D eigenvalue weighted by Crippen LogP contribution is -2.78. The van der Waals surface area contributed by atoms with Gasteiger partial charge in [0.1, 0.15) is 6.10 Å². The van der Waals surface area contributed by atoms with Gasteiger partial charge in [-0.05, 0) is 80.7 Å². The molecule has 7 heteroatoms. The SMILES string of the molecule is O=C(CCc1c[nH]c2ccccc12)N[C@@H]1CC[C@@]2(O)[C@H]3Cc4ccc(O)c5c4[C@@]2(CCN3CC2CC2)[C@H]1O5. The highest BCUT2D eigenvalue weighted by Gasteiger charge is 2.73. The number of H-pyrrole nitrogens is 1. The number of aromatic nitrogens is 1. The number of aliphatic hydroxyl groups is 1. The fourth-order valence-electron chi connectivity index (χ4n) is 8.49. The quantitative estimate of drug-likeness (QED) is 0.404. The van der Waals surface area contributed by atoms with E-state index in [1.807, 2.05) is 30.5 Å². The van der Waals surface area contributed by atoms with E-state index in [0.29, 0.717) is 31.4 Å². The molecule has 8 rings (SSSR count). The predicted molar refractivity (Wildman–Crippen MR) is 143 cm³/mol. The molecule has 4 N–H and O–H groups in total. The minimum absolute atomic E-state index is 0.00431. The molecule has 2 aromatic carbocycles. The molecule has 5 atom stereocenters. The van der Waals surface area contributed by atoms with Gasteiger partial charge in [-0.3, -0.25) is 9.69 Å². The molecule has 3 aliphatic carbocycles. The largest absolute Gasteiger partial charge is 0.504 e. The summed E-state index contributed by atoms with van der Waals surface area (Å²) in [6.07, 6.45) is 8.10. The molecule has 0 radical (unpaired) electrons. The smallest absolute Gasteiger partial charge is 0.220 e. The Balaban J connectivity index is 1.08. The van der Waals surface area contributed by atoms with Crippen LogP contribution < -0.4 is 10.1 Å². The molecule has 38 heavy (non-hydrogen) atoms. The minimum atomic E-state index is -0.928. The molecule has 3 aromatic rings. The van der Waals surface area contributed by atoms with Crippen LogP contribution in [0.3, 0.4) is 0 Å². The van der Waals surface area contributed by atoms with Gasteiger partial charge in [-0.15, -0.1) is 0 Å². The topological polar surface area (TPSA) is 97.8 Å². The van der Waals surface area contributed by atoms with Crippen LogP contribution in [0, 0.1) is 5.92 Å². The number of phenols is 1. The van der Waals surface area contributed by atoms with Gasteiger partial charge >= 0.3 is 0 Å². The van der Waals surface area contributed by atoms with Crippen LogP contribution in [0.2, 0.25) is 0 Å². The molecule has 198 valence electrons. The summed E-state index contributed by atoms with van der Waals surface area (Å²) in [7, 11) is 0. The van der Waals surface area contributed by atoms with E-state index >= 15 is 0 Å². The van der Waals surface area contributed by atoms with E-state index in [-0.39, 0.29) is 29.8 Å². The number of amides is 1. The summed E-state index contributed by atoms with van der Waals surface area (Å²) in [4.78, 5) is 19.1. The summed E-state index contributed by atoms with van der Waals surface area (Å²) in [5.41, 5.74) is 2.88. The van der Waals surface area contributed by atoms with Gasteiger partial charge in [-0.1, -0.05) is 24.3 Å². The van der Waals surface area contributed by atoms with E-state index in [9.17, 15) is 15.0 Å². The molecule has 1 amide bonds. The fraction of sp³-hybridized carbons (Fsp3) is 0.516. The highest BCUT2D eigenvalue weighted by molar-refractivity contribution is 5.84. The van der Waals surface area contributed by atoms with E-state index in [1.165, 1.54) is 18.4 Å². The molecule has 3 heterocycles. The highest BCUT2D eigenvalue weighted by atomic mass is 16.5. The minimum Gasteiger partial charge on any atom is -0.504 e. The normalized spacial score (nSPS) is 33.1. The number of ether oxygens (including phenoxy) is 1. The Bertz CT molecular complexity index is 1450. The first-order valence-electron chi connectivity index (χ1n) is 14.3. The van der Waals surface area contributed by atoms with Crippen LogP contribution in [0.1, 0.15) is 55.2 Å². The number of aryl methyl sites for hydroxylation is 1. The number of hydrogen-bond donors (Lipinski definition) is 4. The van der Waals surface area contributed by atoms with Crippen molar-refractivity contribution >= 4 is 16.8 Å². The van der Waals surface area contributed by atoms with Gasteiger partial charge in [-0.2, -0.15) is 0 Å². The highest BCUT2D eigenvalue weighted by Crippen LogP contribution is 2.65. The zero-order chi connectivity index (χ0) is 25.6. The standard InChI is InChI=1S/C31H35N3O4/c35-24-9-7-19-15-25-31(37)12-11-23(33-26(36)10-8-20-16-32-22-4-2-1-3-21(20)22)29-30(31,27(19)28(24)38-29)13-14-34(25)17-18-5-6-18/h1-4,7,9,16,18,23,25,29,32,35,37H,5-6,8,10-15,17H2,(H,33,36)/t23-,25-,29+,30+,31-/m1/s1. The zero-order valence-electron chi connectivity index (χ0n) is 21.6. The number of phenolic OH excluding ortho intramolecular Hbond substituents is 1. The maximum absolute atomic E-state index is 13.3. The van der Waals surface area contributed by atoms with Crippen molar-refractivity contribution < 1.29 is 19.7 Å². The number of carbonyl (C=O) groups is 1. The number of benzene rings is 2. The predicted octanol–water partition coefficient (Wildman–Crippen LogP) is 3.56. The molecular formula is C31H35N3O4. The number of aromatic hydroxyl groups is 1. The van der Waals surface area contributed by atoms with Crippen LogP contribution in [0.25, 0.3) is 10.9 Å². The van der Waals surface area contributed by atoms with Crippen molar-refractivity contribution in [1.82, 2.24) is 15.2 Å². The van der Waals surface area contributed by atoms with E-state index in [2.05, 4.69) is 21.3 Å². The summed E-state index contributed by atoms with van der Waals surface area (Å²) in [5.74, 6) is 1.43. The Hall–Kier alpha value is -3.03. The maximum Gasteiger partial charge on any atom is 0.220 e. The molecule has 1 saturated heterocycles. The lowest BCUT2D eigenvalue weighted by molar-refractivity contribution is -0.192. The first-order chi connectivity index (χ1) is 18.5. The van der Waals surface area contributed by atoms with Crippen LogP contribution in [0.15, 0.2) is 42.6 Å². The van der Waals surface area contributed by atoms with Crippen molar-refractivity contribution in [2.45, 2.75) is 80.6 Å². The lowest BCUT2D eigenvalue weighted by atomic mass is 9.48. The summed E-state index contributed by atoms with van der Waals surface area (Å²) in [6.45, 7) is 1.97. The average molecular weight is 514 g/mol. The Morgan fingerprint density at radius 1 is 1.16 bits per heavy atom. The van der Waals surface area contributed by atoms with Crippen molar-refractivity contribution in [2.75, 3.05) is 13.1 Å². The number of rotatable bonds is 6. The van der Waals surface area contributed by atoms with Crippen molar-refractivity contribution in [3.8, 4) is 11.5 Å². The lowest BCUT2D eigenvalue weighted by Gasteiger charge is -2.64. The molecule has 2 saturated carbocycles. The number of aromatic amines is 1. The molecule has 2 bridgehead atoms. The molecule has 3 fully saturated rings. The van der Waals surface area contributed by atoms with E-state index in [1.54, 1.807) is 6.07 Å². The van der Waals surface area contributed by atoms with Gasteiger partial charge < -0.3 is 25.3 Å². The summed E-state index contributed by atoms with van der Waals surface area (Å²) < 4.78 is 6.58. The van der Waals surface area contributed by atoms with Gasteiger partial charge in [0.05, 0.1) is 17.1 Å². The average Bonchev–Trinajstić information content (AvgIpc) is 3.52. The van der Waals surface area contributed by atoms with Gasteiger partial charge in [0.2, 0.25) is 5.91 Å². The monoisotopic (exact) mass is 513 g/mol. The number of nitrogens with zero attached hydrogens (tertiary/aromatic N) is 1. The first kappa shape index (κ1) is 22.9. The molecule has 1 aromatic heterocycles. The summed E-state index contributed by atoms with van der Waals surface area (Å²) >= 11 is 0. The van der Waals surface area contributed by atoms with Gasteiger partial charge in [-0.25, -0.2) is 0 Å². The van der Waals surface area contributed by atoms with Crippen LogP contribution in [0.4, 0.5) is 0 Å². The second kappa shape index (κ2) is 7.99. The number of hydrogen-bond acceptors (Lipinski definition) is 5. The second-order valence-electron chi connectivity index (χ2n) is 12.4. The van der Waals surface area contributed by atoms with Gasteiger partial charge in [0.25, 0.3) is 0 Å². The number of para-hydroxylation sites is 1. The van der Waals surface area contributed by atoms with E-state index in [0.717, 1.165) is 53.9 Å². The van der Waals surface area contributed by atoms with Crippen molar-refractivity contribution in [2.24, 2.45) is 5.92 Å². The maximum atomic E-state index is 13.3. The third-order valence-corrected chi connectivity index (χ3v) is 10.4. The molecule has 0 unspecified atom stereocenters. The van der Waals surface area contributed by atoms with Crippen molar-refractivity contribution in [1.29, 1.82) is 0 Å². The number of nitrogens with one attached hydrogen (secondary N) is 2. The fourth-order valence-corrected chi connectivity index (χ4v) is 8.49. The van der Waals surface area contributed by atoms with Gasteiger partial charge in [0, 0.05) is 41.7 Å². The Morgan fingerprint density at radius 2 is 2.03 bits per heavy atom. The third kappa shape index (κ3) is 3.06. The number of carbonyl (C=O) groups excluding carboxylic acids is 1. The van der Waals surface area contributed by atoms with Crippen molar-refractivity contribution in [3.05, 3.63) is 59.3 Å². The zero-order valence-corrected chi connectivity index (χ0v) is 21.6. The Kier molecular flexibility index (Phi) is 4.82. The molecule has 2 aliphatic heterocycles. The van der Waals surface area contributed by atoms with Crippen LogP contribution >= 0.6 is 0 Å². The summed E-state index contributed by atoms with van der Waals surface area (Å²) in [5, 5.41) is 27.8. The number of fused-ring (bicyclic) bond motifs is 1. The summed E-state index contributed by atoms with van der Waals surface area (Å²) in [6, 6.07) is 11.8. The Labute approximate surface area is 222 Å². The third-order valence-electron chi connectivity index (χ3n) is 10.4. The first-order valence-corrected chi connectivity index (χ1v) is 14.3. The number of likely N-dealkylation sites (tertiary alicyclic amines) is 1. The van der Waals surface area contributed by atoms with E-state index < -0.39 is 11.0 Å². The van der Waals surface area contributed by atoms with Crippen LogP contribution in [-0.2, 0) is 23.1 Å². The van der Waals surface area contributed by atoms with Crippen molar-refractivity contribution in [3.63, 3.8) is 0 Å².